The number of hydrogen-bond donors (Lipinski definition) is 2. The van der Waals surface area contributed by atoms with Gasteiger partial charge < -0.3 is 15.7 Å². The van der Waals surface area contributed by atoms with E-state index in [0.717, 1.165) is 25.7 Å². The summed E-state index contributed by atoms with van der Waals surface area (Å²) >= 11 is 0. The summed E-state index contributed by atoms with van der Waals surface area (Å²) in [5.74, 6) is -0.567. The maximum absolute atomic E-state index is 12.1. The van der Waals surface area contributed by atoms with E-state index >= 15 is 0 Å². The van der Waals surface area contributed by atoms with Crippen molar-refractivity contribution >= 4 is 11.9 Å². The first-order chi connectivity index (χ1) is 8.92. The van der Waals surface area contributed by atoms with Gasteiger partial charge in [-0.1, -0.05) is 19.8 Å². The third-order valence-corrected chi connectivity index (χ3v) is 3.29. The van der Waals surface area contributed by atoms with Crippen LogP contribution in [0.2, 0.25) is 0 Å². The summed E-state index contributed by atoms with van der Waals surface area (Å²) in [6, 6.07) is -0.0808. The molecule has 0 aromatic heterocycles. The van der Waals surface area contributed by atoms with Crippen molar-refractivity contribution in [3.05, 3.63) is 0 Å². The van der Waals surface area contributed by atoms with Gasteiger partial charge in [-0.15, -0.1) is 0 Å². The van der Waals surface area contributed by atoms with Crippen molar-refractivity contribution < 1.29 is 14.7 Å². The maximum Gasteiger partial charge on any atom is 0.323 e. The second kappa shape index (κ2) is 9.78. The summed E-state index contributed by atoms with van der Waals surface area (Å²) in [6.45, 7) is 6.22. The van der Waals surface area contributed by atoms with Crippen LogP contribution >= 0.6 is 0 Å². The van der Waals surface area contributed by atoms with Gasteiger partial charge >= 0.3 is 5.97 Å². The second-order valence-corrected chi connectivity index (χ2v) is 5.28. The molecule has 0 rings (SSSR count). The fourth-order valence-corrected chi connectivity index (χ4v) is 2.25. The van der Waals surface area contributed by atoms with Crippen LogP contribution in [0.3, 0.4) is 0 Å². The van der Waals surface area contributed by atoms with E-state index in [9.17, 15) is 9.59 Å². The lowest BCUT2D eigenvalue weighted by Crippen LogP contribution is -2.40. The third-order valence-electron chi connectivity index (χ3n) is 3.29. The summed E-state index contributed by atoms with van der Waals surface area (Å²) < 4.78 is 0. The average molecular weight is 272 g/mol. The minimum atomic E-state index is -0.964. The SMILES string of the molecule is CCCC(CCN)CCC(=O)N(CC(=O)O)C(C)C. The normalized spacial score (nSPS) is 12.5. The van der Waals surface area contributed by atoms with Gasteiger partial charge in [0.15, 0.2) is 0 Å². The van der Waals surface area contributed by atoms with Crippen molar-refractivity contribution in [2.45, 2.75) is 58.9 Å². The van der Waals surface area contributed by atoms with Crippen LogP contribution in [0.1, 0.15) is 52.9 Å². The molecule has 3 N–H and O–H groups in total. The fraction of sp³-hybridized carbons (Fsp3) is 0.857. The minimum absolute atomic E-state index is 0.0736. The van der Waals surface area contributed by atoms with Gasteiger partial charge in [0.05, 0.1) is 0 Å². The Morgan fingerprint density at radius 1 is 1.21 bits per heavy atom. The Hall–Kier alpha value is -1.10. The largest absolute Gasteiger partial charge is 0.480 e. The van der Waals surface area contributed by atoms with Gasteiger partial charge in [0.1, 0.15) is 6.54 Å². The van der Waals surface area contributed by atoms with Crippen LogP contribution in [-0.4, -0.2) is 41.0 Å². The third kappa shape index (κ3) is 7.82. The molecule has 0 aliphatic carbocycles. The summed E-state index contributed by atoms with van der Waals surface area (Å²) in [6.07, 6.45) is 4.30. The Morgan fingerprint density at radius 2 is 1.84 bits per heavy atom. The molecule has 1 atom stereocenters. The molecule has 0 radical (unpaired) electrons. The van der Waals surface area contributed by atoms with Gasteiger partial charge in [-0.2, -0.15) is 0 Å². The molecular weight excluding hydrogens is 244 g/mol. The van der Waals surface area contributed by atoms with Crippen LogP contribution in [0.5, 0.6) is 0 Å². The van der Waals surface area contributed by atoms with Gasteiger partial charge in [-0.05, 0) is 39.2 Å². The van der Waals surface area contributed by atoms with Crippen molar-refractivity contribution in [1.82, 2.24) is 4.90 Å². The van der Waals surface area contributed by atoms with Crippen LogP contribution in [0.4, 0.5) is 0 Å². The number of carboxylic acid groups (broad SMARTS) is 1. The zero-order chi connectivity index (χ0) is 14.8. The monoisotopic (exact) mass is 272 g/mol. The lowest BCUT2D eigenvalue weighted by atomic mass is 9.94. The Labute approximate surface area is 116 Å². The smallest absolute Gasteiger partial charge is 0.323 e. The second-order valence-electron chi connectivity index (χ2n) is 5.28. The van der Waals surface area contributed by atoms with E-state index in [-0.39, 0.29) is 18.5 Å². The lowest BCUT2D eigenvalue weighted by Gasteiger charge is -2.26. The molecule has 0 aromatic rings. The molecule has 0 spiro atoms. The van der Waals surface area contributed by atoms with Crippen molar-refractivity contribution in [2.75, 3.05) is 13.1 Å². The van der Waals surface area contributed by atoms with E-state index in [0.29, 0.717) is 18.9 Å². The first kappa shape index (κ1) is 17.9. The predicted octanol–water partition coefficient (Wildman–Crippen LogP) is 1.85. The Balaban J connectivity index is 4.33. The standard InChI is InChI=1S/C14H28N2O3/c1-4-5-12(8-9-15)6-7-13(17)16(11(2)3)10-14(18)19/h11-12H,4-10,15H2,1-3H3,(H,18,19). The number of nitrogens with two attached hydrogens (primary N) is 1. The average Bonchev–Trinajstić information content (AvgIpc) is 2.32. The molecular formula is C14H28N2O3. The molecule has 0 bridgehead atoms. The van der Waals surface area contributed by atoms with E-state index in [1.54, 1.807) is 0 Å². The first-order valence-corrected chi connectivity index (χ1v) is 7.13. The summed E-state index contributed by atoms with van der Waals surface area (Å²) in [4.78, 5) is 24.2. The van der Waals surface area contributed by atoms with Crippen molar-refractivity contribution in [1.29, 1.82) is 0 Å². The number of nitrogens with zero attached hydrogens (tertiary/aromatic N) is 1. The van der Waals surface area contributed by atoms with Crippen molar-refractivity contribution in [2.24, 2.45) is 11.7 Å². The van der Waals surface area contributed by atoms with Crippen LogP contribution in [0, 0.1) is 5.92 Å². The molecule has 112 valence electrons. The molecule has 1 unspecified atom stereocenters. The number of carboxylic acids is 1. The molecule has 1 amide bonds. The highest BCUT2D eigenvalue weighted by Gasteiger charge is 2.20. The summed E-state index contributed by atoms with van der Waals surface area (Å²) in [5.41, 5.74) is 5.57. The number of aliphatic carboxylic acids is 1. The number of amides is 1. The van der Waals surface area contributed by atoms with E-state index in [4.69, 9.17) is 10.8 Å². The molecule has 0 heterocycles. The molecule has 0 aromatic carbocycles. The van der Waals surface area contributed by atoms with Gasteiger partial charge in [-0.25, -0.2) is 0 Å². The fourth-order valence-electron chi connectivity index (χ4n) is 2.25. The van der Waals surface area contributed by atoms with Crippen molar-refractivity contribution in [3.63, 3.8) is 0 Å². The maximum atomic E-state index is 12.1. The van der Waals surface area contributed by atoms with E-state index in [1.165, 1.54) is 4.90 Å². The van der Waals surface area contributed by atoms with Gasteiger partial charge in [0.2, 0.25) is 5.91 Å². The van der Waals surface area contributed by atoms with Crippen LogP contribution < -0.4 is 5.73 Å². The predicted molar refractivity (Wildman–Crippen MR) is 75.8 cm³/mol. The molecule has 5 nitrogen and oxygen atoms in total. The summed E-state index contributed by atoms with van der Waals surface area (Å²) in [5, 5.41) is 8.82. The minimum Gasteiger partial charge on any atom is -0.480 e. The first-order valence-electron chi connectivity index (χ1n) is 7.13. The molecule has 5 heteroatoms. The number of hydrogen-bond acceptors (Lipinski definition) is 3. The van der Waals surface area contributed by atoms with E-state index < -0.39 is 5.97 Å². The molecule has 0 aliphatic rings. The Morgan fingerprint density at radius 3 is 2.26 bits per heavy atom. The zero-order valence-corrected chi connectivity index (χ0v) is 12.4. The highest BCUT2D eigenvalue weighted by Crippen LogP contribution is 2.18. The van der Waals surface area contributed by atoms with Crippen LogP contribution in [0.25, 0.3) is 0 Å². The van der Waals surface area contributed by atoms with E-state index in [2.05, 4.69) is 6.92 Å². The van der Waals surface area contributed by atoms with Crippen molar-refractivity contribution in [3.8, 4) is 0 Å². The molecule has 0 saturated carbocycles. The number of carbonyl (C=O) groups is 2. The highest BCUT2D eigenvalue weighted by molar-refractivity contribution is 5.81. The quantitative estimate of drug-likeness (QED) is 0.635. The molecule has 19 heavy (non-hydrogen) atoms. The van der Waals surface area contributed by atoms with Gasteiger partial charge in [-0.3, -0.25) is 9.59 Å². The number of carbonyl (C=O) groups excluding carboxylic acids is 1. The molecule has 0 aliphatic heterocycles. The van der Waals surface area contributed by atoms with Crippen LogP contribution in [-0.2, 0) is 9.59 Å². The highest BCUT2D eigenvalue weighted by atomic mass is 16.4. The Bertz CT molecular complexity index is 274. The number of rotatable bonds is 10. The van der Waals surface area contributed by atoms with Gasteiger partial charge in [0, 0.05) is 12.5 Å². The molecule has 0 fully saturated rings. The Kier molecular flexibility index (Phi) is 9.21. The topological polar surface area (TPSA) is 83.6 Å². The zero-order valence-electron chi connectivity index (χ0n) is 12.4. The van der Waals surface area contributed by atoms with Crippen LogP contribution in [0.15, 0.2) is 0 Å². The van der Waals surface area contributed by atoms with Gasteiger partial charge in [0.25, 0.3) is 0 Å². The lowest BCUT2D eigenvalue weighted by molar-refractivity contribution is -0.145. The summed E-state index contributed by atoms with van der Waals surface area (Å²) in [7, 11) is 0. The van der Waals surface area contributed by atoms with E-state index in [1.807, 2.05) is 13.8 Å². The molecule has 0 saturated heterocycles.